The highest BCUT2D eigenvalue weighted by atomic mass is 32.1. The third kappa shape index (κ3) is 2.27. The predicted octanol–water partition coefficient (Wildman–Crippen LogP) is 5.03. The molecular formula is C25H20N2O2S. The highest BCUT2D eigenvalue weighted by Gasteiger charge is 2.50. The Morgan fingerprint density at radius 2 is 1.90 bits per heavy atom. The zero-order chi connectivity index (χ0) is 19.8. The maximum Gasteiger partial charge on any atom is 0.254 e. The number of ether oxygens (including phenoxy) is 1. The molecule has 4 heterocycles. The first-order valence-corrected chi connectivity index (χ1v) is 11.5. The fourth-order valence-electron chi connectivity index (χ4n) is 5.30. The third-order valence-corrected chi connectivity index (χ3v) is 7.73. The summed E-state index contributed by atoms with van der Waals surface area (Å²) in [4.78, 5) is 16.8. The minimum atomic E-state index is -0.201. The van der Waals surface area contributed by atoms with Gasteiger partial charge >= 0.3 is 0 Å². The van der Waals surface area contributed by atoms with E-state index in [9.17, 15) is 4.79 Å². The second-order valence-corrected chi connectivity index (χ2v) is 9.33. The van der Waals surface area contributed by atoms with Crippen molar-refractivity contribution in [3.05, 3.63) is 70.2 Å². The topological polar surface area (TPSA) is 57.4 Å². The van der Waals surface area contributed by atoms with E-state index in [4.69, 9.17) is 4.74 Å². The lowest BCUT2D eigenvalue weighted by molar-refractivity contribution is -0.116. The largest absolute Gasteiger partial charge is 0.360 e. The van der Waals surface area contributed by atoms with Gasteiger partial charge in [-0.25, -0.2) is 0 Å². The van der Waals surface area contributed by atoms with Gasteiger partial charge in [-0.3, -0.25) is 4.79 Å². The zero-order valence-electron chi connectivity index (χ0n) is 16.3. The number of hydrogen-bond donors (Lipinski definition) is 2. The lowest BCUT2D eigenvalue weighted by Crippen LogP contribution is -2.33. The van der Waals surface area contributed by atoms with Crippen LogP contribution in [0, 0.1) is 0 Å². The van der Waals surface area contributed by atoms with Gasteiger partial charge in [-0.2, -0.15) is 0 Å². The molecular weight excluding hydrogens is 392 g/mol. The predicted molar refractivity (Wildman–Crippen MR) is 120 cm³/mol. The summed E-state index contributed by atoms with van der Waals surface area (Å²) < 4.78 is 7.10. The molecule has 4 aromatic rings. The molecule has 5 heteroatoms. The van der Waals surface area contributed by atoms with Crippen molar-refractivity contribution in [3.63, 3.8) is 0 Å². The number of carbonyl (C=O) groups is 1. The number of fused-ring (bicyclic) bond motifs is 5. The summed E-state index contributed by atoms with van der Waals surface area (Å²) in [7, 11) is 0. The summed E-state index contributed by atoms with van der Waals surface area (Å²) >= 11 is 1.72. The Labute approximate surface area is 177 Å². The molecule has 1 aliphatic carbocycles. The van der Waals surface area contributed by atoms with Gasteiger partial charge in [0.1, 0.15) is 6.10 Å². The van der Waals surface area contributed by atoms with E-state index in [1.54, 1.807) is 11.3 Å². The van der Waals surface area contributed by atoms with Crippen molar-refractivity contribution in [2.75, 3.05) is 0 Å². The van der Waals surface area contributed by atoms with Crippen LogP contribution in [0.1, 0.15) is 35.1 Å². The molecule has 2 aromatic heterocycles. The number of epoxide rings is 1. The van der Waals surface area contributed by atoms with Crippen LogP contribution < -0.4 is 5.32 Å². The van der Waals surface area contributed by atoms with Crippen molar-refractivity contribution >= 4 is 49.4 Å². The zero-order valence-corrected chi connectivity index (χ0v) is 17.1. The van der Waals surface area contributed by atoms with Crippen LogP contribution in [0.4, 0.5) is 0 Å². The van der Waals surface area contributed by atoms with E-state index in [0.717, 1.165) is 40.5 Å². The SMILES string of the molecule is O=C1N[C@H]2OC2C(c2csc3ccccc23)=C1c1c[nH]c2c3c(ccc12)CCCC3. The summed E-state index contributed by atoms with van der Waals surface area (Å²) in [5.74, 6) is -0.0438. The average molecular weight is 413 g/mol. The lowest BCUT2D eigenvalue weighted by Gasteiger charge is -2.19. The first-order chi connectivity index (χ1) is 14.8. The Kier molecular flexibility index (Phi) is 3.41. The molecule has 4 nitrogen and oxygen atoms in total. The molecule has 2 aliphatic heterocycles. The van der Waals surface area contributed by atoms with Crippen LogP contribution >= 0.6 is 11.3 Å². The molecule has 2 atom stereocenters. The van der Waals surface area contributed by atoms with E-state index in [1.165, 1.54) is 39.6 Å². The minimum Gasteiger partial charge on any atom is -0.360 e. The van der Waals surface area contributed by atoms with Gasteiger partial charge in [0, 0.05) is 38.3 Å². The maximum absolute atomic E-state index is 13.2. The number of H-pyrrole nitrogens is 1. The van der Waals surface area contributed by atoms with Gasteiger partial charge in [-0.1, -0.05) is 30.3 Å². The Hall–Kier alpha value is -2.89. The van der Waals surface area contributed by atoms with Gasteiger partial charge in [0.25, 0.3) is 5.91 Å². The van der Waals surface area contributed by atoms with Crippen LogP contribution in [0.5, 0.6) is 0 Å². The van der Waals surface area contributed by atoms with Gasteiger partial charge in [0.15, 0.2) is 6.23 Å². The maximum atomic E-state index is 13.2. The minimum absolute atomic E-state index is 0.0438. The van der Waals surface area contributed by atoms with Crippen molar-refractivity contribution in [3.8, 4) is 0 Å². The molecule has 1 unspecified atom stereocenters. The number of aromatic nitrogens is 1. The Bertz CT molecular complexity index is 1390. The van der Waals surface area contributed by atoms with Crippen LogP contribution in [0.3, 0.4) is 0 Å². The number of nitrogens with one attached hydrogen (secondary N) is 2. The molecule has 1 amide bonds. The number of benzene rings is 2. The monoisotopic (exact) mass is 412 g/mol. The number of aryl methyl sites for hydroxylation is 2. The first-order valence-electron chi connectivity index (χ1n) is 10.6. The second kappa shape index (κ2) is 6.06. The van der Waals surface area contributed by atoms with Gasteiger partial charge in [0.2, 0.25) is 0 Å². The molecule has 0 radical (unpaired) electrons. The van der Waals surface area contributed by atoms with Crippen molar-refractivity contribution in [1.82, 2.24) is 10.3 Å². The van der Waals surface area contributed by atoms with E-state index in [1.807, 2.05) is 6.20 Å². The third-order valence-electron chi connectivity index (χ3n) is 6.77. The lowest BCUT2D eigenvalue weighted by atomic mass is 9.86. The quantitative estimate of drug-likeness (QED) is 0.454. The van der Waals surface area contributed by atoms with E-state index in [2.05, 4.69) is 52.1 Å². The molecule has 1 fully saturated rings. The highest BCUT2D eigenvalue weighted by molar-refractivity contribution is 7.17. The number of thiophene rings is 1. The van der Waals surface area contributed by atoms with Gasteiger partial charge in [-0.05, 0) is 53.8 Å². The van der Waals surface area contributed by atoms with Crippen molar-refractivity contribution in [1.29, 1.82) is 0 Å². The van der Waals surface area contributed by atoms with Crippen LogP contribution in [-0.4, -0.2) is 23.2 Å². The smallest absolute Gasteiger partial charge is 0.254 e. The summed E-state index contributed by atoms with van der Waals surface area (Å²) in [6.45, 7) is 0. The van der Waals surface area contributed by atoms with Crippen molar-refractivity contribution < 1.29 is 9.53 Å². The summed E-state index contributed by atoms with van der Waals surface area (Å²) in [6, 6.07) is 12.8. The van der Waals surface area contributed by atoms with E-state index < -0.39 is 0 Å². The van der Waals surface area contributed by atoms with E-state index in [-0.39, 0.29) is 18.2 Å². The van der Waals surface area contributed by atoms with E-state index >= 15 is 0 Å². The Morgan fingerprint density at radius 1 is 1.00 bits per heavy atom. The van der Waals surface area contributed by atoms with E-state index in [0.29, 0.717) is 0 Å². The molecule has 0 bridgehead atoms. The summed E-state index contributed by atoms with van der Waals surface area (Å²) in [6.07, 6.45) is 6.49. The Balaban J connectivity index is 1.51. The van der Waals surface area contributed by atoms with Crippen LogP contribution in [0.15, 0.2) is 48.0 Å². The van der Waals surface area contributed by atoms with Crippen LogP contribution in [0.25, 0.3) is 32.1 Å². The van der Waals surface area contributed by atoms with Gasteiger partial charge in [-0.15, -0.1) is 11.3 Å². The molecule has 1 saturated heterocycles. The number of carbonyl (C=O) groups excluding carboxylic acids is 1. The molecule has 148 valence electrons. The molecule has 2 aromatic carbocycles. The number of rotatable bonds is 2. The molecule has 0 saturated carbocycles. The molecule has 3 aliphatic rings. The fourth-order valence-corrected chi connectivity index (χ4v) is 6.26. The summed E-state index contributed by atoms with van der Waals surface area (Å²) in [5.41, 5.74) is 7.94. The van der Waals surface area contributed by atoms with Gasteiger partial charge in [0.05, 0.1) is 5.57 Å². The second-order valence-electron chi connectivity index (χ2n) is 8.42. The normalized spacial score (nSPS) is 22.9. The first kappa shape index (κ1) is 16.9. The van der Waals surface area contributed by atoms with Crippen LogP contribution in [-0.2, 0) is 22.4 Å². The van der Waals surface area contributed by atoms with Gasteiger partial charge < -0.3 is 15.0 Å². The fraction of sp³-hybridized carbons (Fsp3) is 0.240. The molecule has 7 rings (SSSR count). The molecule has 30 heavy (non-hydrogen) atoms. The average Bonchev–Trinajstić information content (AvgIpc) is 3.22. The number of aromatic amines is 1. The number of hydrogen-bond acceptors (Lipinski definition) is 3. The highest BCUT2D eigenvalue weighted by Crippen LogP contribution is 2.47. The molecule has 2 N–H and O–H groups in total. The Morgan fingerprint density at radius 3 is 2.87 bits per heavy atom. The molecule has 0 spiro atoms. The van der Waals surface area contributed by atoms with Crippen molar-refractivity contribution in [2.24, 2.45) is 0 Å². The standard InChI is InChI=1S/C25H20N2O2S/c28-24-21(17-11-26-22-14-6-2-1-5-13(14)9-10-16(17)22)20(23-25(27-24)29-23)18-12-30-19-8-4-3-7-15(18)19/h3-4,7-12,23,25-26H,1-2,5-6H2,(H,27,28)/t23?,25-/m0/s1. The van der Waals surface area contributed by atoms with Crippen molar-refractivity contribution in [2.45, 2.75) is 38.0 Å². The van der Waals surface area contributed by atoms with Crippen LogP contribution in [0.2, 0.25) is 0 Å². The number of amides is 1. The summed E-state index contributed by atoms with van der Waals surface area (Å²) in [5, 5.41) is 7.53.